The van der Waals surface area contributed by atoms with E-state index < -0.39 is 5.76 Å². The van der Waals surface area contributed by atoms with Crippen LogP contribution in [0.4, 0.5) is 0 Å². The Bertz CT molecular complexity index is 1090. The molecule has 1 aliphatic heterocycles. The van der Waals surface area contributed by atoms with Crippen molar-refractivity contribution in [1.82, 2.24) is 19.0 Å². The van der Waals surface area contributed by atoms with E-state index in [0.29, 0.717) is 57.6 Å². The highest BCUT2D eigenvalue weighted by atomic mass is 16.5. The van der Waals surface area contributed by atoms with Crippen molar-refractivity contribution in [1.29, 1.82) is 0 Å². The Labute approximate surface area is 192 Å². The minimum Gasteiger partial charge on any atom is -0.408 e. The summed E-state index contributed by atoms with van der Waals surface area (Å²) in [6.07, 6.45) is 5.86. The molecule has 0 radical (unpaired) electrons. The first-order valence-corrected chi connectivity index (χ1v) is 11.7. The number of amides is 1. The van der Waals surface area contributed by atoms with Crippen LogP contribution in [0.1, 0.15) is 37.9 Å². The molecule has 0 aliphatic carbocycles. The van der Waals surface area contributed by atoms with Crippen LogP contribution in [0.15, 0.2) is 45.9 Å². The van der Waals surface area contributed by atoms with E-state index >= 15 is 0 Å². The van der Waals surface area contributed by atoms with Gasteiger partial charge in [0, 0.05) is 57.5 Å². The second-order valence-electron chi connectivity index (χ2n) is 8.18. The molecular weight excluding hydrogens is 424 g/mol. The number of rotatable bonds is 11. The summed E-state index contributed by atoms with van der Waals surface area (Å²) in [7, 11) is 0. The number of hydrogen-bond donors (Lipinski definition) is 0. The van der Waals surface area contributed by atoms with Gasteiger partial charge in [0.2, 0.25) is 5.91 Å². The predicted molar refractivity (Wildman–Crippen MR) is 123 cm³/mol. The second-order valence-corrected chi connectivity index (χ2v) is 8.18. The lowest BCUT2D eigenvalue weighted by Gasteiger charge is -2.32. The molecule has 1 fully saturated rings. The molecule has 33 heavy (non-hydrogen) atoms. The van der Waals surface area contributed by atoms with Gasteiger partial charge in [-0.1, -0.05) is 12.1 Å². The lowest BCUT2D eigenvalue weighted by atomic mass is 9.95. The van der Waals surface area contributed by atoms with E-state index in [-0.39, 0.29) is 12.3 Å². The average Bonchev–Trinajstić information content (AvgIpc) is 3.43. The molecule has 178 valence electrons. The largest absolute Gasteiger partial charge is 0.419 e. The summed E-state index contributed by atoms with van der Waals surface area (Å²) >= 11 is 0. The monoisotopic (exact) mass is 456 g/mol. The number of likely N-dealkylation sites (tertiary alicyclic amines) is 1. The van der Waals surface area contributed by atoms with Gasteiger partial charge in [0.25, 0.3) is 0 Å². The molecule has 0 saturated carbocycles. The Morgan fingerprint density at radius 3 is 2.73 bits per heavy atom. The molecule has 3 aromatic rings. The number of imidazole rings is 1. The van der Waals surface area contributed by atoms with Crippen LogP contribution in [0.3, 0.4) is 0 Å². The third kappa shape index (κ3) is 5.72. The van der Waals surface area contributed by atoms with Crippen molar-refractivity contribution in [2.75, 3.05) is 39.5 Å². The van der Waals surface area contributed by atoms with Crippen LogP contribution < -0.4 is 5.76 Å². The molecule has 0 spiro atoms. The number of piperidine rings is 1. The zero-order valence-corrected chi connectivity index (χ0v) is 19.1. The van der Waals surface area contributed by atoms with Gasteiger partial charge in [-0.25, -0.2) is 9.78 Å². The Morgan fingerprint density at radius 1 is 1.12 bits per heavy atom. The van der Waals surface area contributed by atoms with E-state index in [4.69, 9.17) is 13.9 Å². The van der Waals surface area contributed by atoms with Crippen LogP contribution >= 0.6 is 0 Å². The number of fused-ring (bicyclic) bond motifs is 1. The molecule has 9 nitrogen and oxygen atoms in total. The van der Waals surface area contributed by atoms with Gasteiger partial charge in [0.05, 0.1) is 25.3 Å². The lowest BCUT2D eigenvalue weighted by molar-refractivity contribution is -0.132. The zero-order valence-electron chi connectivity index (χ0n) is 19.1. The minimum absolute atomic E-state index is 0.0664. The topological polar surface area (TPSA) is 91.7 Å². The van der Waals surface area contributed by atoms with Gasteiger partial charge in [-0.05, 0) is 31.9 Å². The minimum atomic E-state index is -0.420. The first-order valence-electron chi connectivity index (χ1n) is 11.7. The van der Waals surface area contributed by atoms with Crippen LogP contribution in [0.25, 0.3) is 11.1 Å². The number of carbonyl (C=O) groups excluding carboxylic acids is 1. The fourth-order valence-electron chi connectivity index (χ4n) is 4.38. The van der Waals surface area contributed by atoms with Gasteiger partial charge in [-0.3, -0.25) is 9.36 Å². The first kappa shape index (κ1) is 23.3. The predicted octanol–water partition coefficient (Wildman–Crippen LogP) is 2.64. The van der Waals surface area contributed by atoms with Crippen molar-refractivity contribution in [3.63, 3.8) is 0 Å². The molecule has 1 aliphatic rings. The molecule has 0 bridgehead atoms. The smallest absolute Gasteiger partial charge is 0.408 e. The number of oxazole rings is 1. The Balaban J connectivity index is 1.24. The van der Waals surface area contributed by atoms with Crippen LogP contribution in [0.5, 0.6) is 0 Å². The maximum absolute atomic E-state index is 12.8. The second kappa shape index (κ2) is 11.3. The first-order chi connectivity index (χ1) is 16.2. The Kier molecular flexibility index (Phi) is 7.96. The fourth-order valence-corrected chi connectivity index (χ4v) is 4.38. The van der Waals surface area contributed by atoms with Crippen LogP contribution in [0, 0.1) is 0 Å². The molecule has 0 unspecified atom stereocenters. The van der Waals surface area contributed by atoms with Crippen LogP contribution in [-0.2, 0) is 27.4 Å². The van der Waals surface area contributed by atoms with Gasteiger partial charge in [-0.2, -0.15) is 0 Å². The van der Waals surface area contributed by atoms with Gasteiger partial charge in [-0.15, -0.1) is 0 Å². The number of aryl methyl sites for hydroxylation is 1. The summed E-state index contributed by atoms with van der Waals surface area (Å²) in [5, 5.41) is 0. The normalized spacial score (nSPS) is 14.9. The summed E-state index contributed by atoms with van der Waals surface area (Å²) in [4.78, 5) is 31.4. The summed E-state index contributed by atoms with van der Waals surface area (Å²) < 4.78 is 19.9. The van der Waals surface area contributed by atoms with Gasteiger partial charge in [0.1, 0.15) is 5.82 Å². The summed E-state index contributed by atoms with van der Waals surface area (Å²) in [5.74, 6) is 1.04. The quantitative estimate of drug-likeness (QED) is 0.412. The van der Waals surface area contributed by atoms with E-state index in [9.17, 15) is 9.59 Å². The fraction of sp³-hybridized carbons (Fsp3) is 0.542. The van der Waals surface area contributed by atoms with Crippen molar-refractivity contribution in [3.8, 4) is 0 Å². The summed E-state index contributed by atoms with van der Waals surface area (Å²) in [6.45, 7) is 6.98. The van der Waals surface area contributed by atoms with E-state index in [2.05, 4.69) is 9.55 Å². The molecule has 9 heteroatoms. The third-order valence-corrected chi connectivity index (χ3v) is 6.14. The molecule has 1 saturated heterocycles. The highest BCUT2D eigenvalue weighted by Crippen LogP contribution is 2.27. The zero-order chi connectivity index (χ0) is 23.0. The molecule has 2 aromatic heterocycles. The molecule has 1 amide bonds. The van der Waals surface area contributed by atoms with Crippen molar-refractivity contribution in [2.45, 2.75) is 45.2 Å². The number of para-hydroxylation sites is 2. The van der Waals surface area contributed by atoms with Crippen LogP contribution in [-0.4, -0.2) is 64.4 Å². The SMILES string of the molecule is CCOCCOCCn1ccnc1C1CCN(C(=O)CCn2c(=O)oc3ccccc32)CC1. The standard InChI is InChI=1S/C24H32N4O5/c1-2-31-17-18-32-16-15-27-14-10-25-23(27)19-7-11-26(12-8-19)22(29)9-13-28-20-5-3-4-6-21(20)33-24(28)30/h3-6,10,14,19H,2,7-9,11-13,15-18H2,1H3. The molecule has 4 rings (SSSR count). The van der Waals surface area contributed by atoms with Crippen molar-refractivity contribution in [2.24, 2.45) is 0 Å². The van der Waals surface area contributed by atoms with E-state index in [1.807, 2.05) is 42.4 Å². The Morgan fingerprint density at radius 2 is 1.91 bits per heavy atom. The number of benzene rings is 1. The highest BCUT2D eigenvalue weighted by molar-refractivity contribution is 5.77. The molecular formula is C24H32N4O5. The lowest BCUT2D eigenvalue weighted by Crippen LogP contribution is -2.39. The molecule has 3 heterocycles. The summed E-state index contributed by atoms with van der Waals surface area (Å²) in [5.41, 5.74) is 1.27. The number of aromatic nitrogens is 3. The third-order valence-electron chi connectivity index (χ3n) is 6.14. The van der Waals surface area contributed by atoms with Crippen molar-refractivity contribution in [3.05, 3.63) is 53.0 Å². The van der Waals surface area contributed by atoms with Crippen LogP contribution in [0.2, 0.25) is 0 Å². The average molecular weight is 457 g/mol. The van der Waals surface area contributed by atoms with E-state index in [0.717, 1.165) is 30.7 Å². The highest BCUT2D eigenvalue weighted by Gasteiger charge is 2.26. The maximum Gasteiger partial charge on any atom is 0.419 e. The summed E-state index contributed by atoms with van der Waals surface area (Å²) in [6, 6.07) is 7.28. The number of hydrogen-bond acceptors (Lipinski definition) is 6. The Hall–Kier alpha value is -2.91. The number of ether oxygens (including phenoxy) is 2. The van der Waals surface area contributed by atoms with Gasteiger partial charge in [0.15, 0.2) is 5.58 Å². The molecule has 0 N–H and O–H groups in total. The van der Waals surface area contributed by atoms with Crippen molar-refractivity contribution < 1.29 is 18.7 Å². The maximum atomic E-state index is 12.8. The number of nitrogens with zero attached hydrogens (tertiary/aromatic N) is 4. The van der Waals surface area contributed by atoms with E-state index in [1.165, 1.54) is 4.57 Å². The molecule has 1 aromatic carbocycles. The van der Waals surface area contributed by atoms with E-state index in [1.54, 1.807) is 6.07 Å². The van der Waals surface area contributed by atoms with Crippen molar-refractivity contribution >= 4 is 17.0 Å². The van der Waals surface area contributed by atoms with Gasteiger partial charge >= 0.3 is 5.76 Å². The molecule has 0 atom stereocenters. The van der Waals surface area contributed by atoms with Gasteiger partial charge < -0.3 is 23.4 Å². The number of carbonyl (C=O) groups is 1.